The van der Waals surface area contributed by atoms with Crippen molar-refractivity contribution in [2.75, 3.05) is 27.3 Å². The van der Waals surface area contributed by atoms with E-state index in [2.05, 4.69) is 4.74 Å². The number of hydrogen-bond donors (Lipinski definition) is 0. The molecule has 0 saturated carbocycles. The summed E-state index contributed by atoms with van der Waals surface area (Å²) in [7, 11) is 2.93. The molecule has 1 aromatic carbocycles. The van der Waals surface area contributed by atoms with Crippen LogP contribution in [0.3, 0.4) is 0 Å². The molecule has 0 aliphatic rings. The van der Waals surface area contributed by atoms with Gasteiger partial charge in [-0.15, -0.1) is 0 Å². The Bertz CT molecular complexity index is 423. The lowest BCUT2D eigenvalue weighted by Gasteiger charge is -2.21. The number of esters is 1. The highest BCUT2D eigenvalue weighted by atomic mass is 19.1. The molecule has 0 bridgehead atoms. The minimum absolute atomic E-state index is 0.246. The summed E-state index contributed by atoms with van der Waals surface area (Å²) in [4.78, 5) is 13.2. The Hall–Kier alpha value is -1.62. The van der Waals surface area contributed by atoms with E-state index in [1.165, 1.54) is 19.2 Å². The lowest BCUT2D eigenvalue weighted by molar-refractivity contribution is -0.141. The maximum Gasteiger partial charge on any atom is 0.306 e. The molecule has 0 fully saturated rings. The number of hydrogen-bond acceptors (Lipinski definition) is 4. The van der Waals surface area contributed by atoms with Crippen LogP contribution in [0.15, 0.2) is 18.2 Å². The molecule has 1 aromatic rings. The van der Waals surface area contributed by atoms with E-state index in [0.29, 0.717) is 25.3 Å². The lowest BCUT2D eigenvalue weighted by Crippen LogP contribution is -2.26. The van der Waals surface area contributed by atoms with Crippen LogP contribution in [0, 0.1) is 5.82 Å². The quantitative estimate of drug-likeness (QED) is 0.711. The van der Waals surface area contributed by atoms with Crippen LogP contribution in [0.5, 0.6) is 5.75 Å². The highest BCUT2D eigenvalue weighted by Gasteiger charge is 2.11. The van der Waals surface area contributed by atoms with Gasteiger partial charge in [0.1, 0.15) is 11.6 Å². The third-order valence-electron chi connectivity index (χ3n) is 2.94. The van der Waals surface area contributed by atoms with Crippen molar-refractivity contribution in [1.29, 1.82) is 0 Å². The van der Waals surface area contributed by atoms with Crippen LogP contribution >= 0.6 is 0 Å². The number of methoxy groups -OCH3 is 2. The van der Waals surface area contributed by atoms with Crippen LogP contribution in [-0.2, 0) is 16.1 Å². The van der Waals surface area contributed by atoms with E-state index in [9.17, 15) is 9.18 Å². The first-order chi connectivity index (χ1) is 9.10. The van der Waals surface area contributed by atoms with Crippen molar-refractivity contribution in [2.45, 2.75) is 19.9 Å². The van der Waals surface area contributed by atoms with Crippen molar-refractivity contribution < 1.29 is 18.7 Å². The highest BCUT2D eigenvalue weighted by Crippen LogP contribution is 2.21. The van der Waals surface area contributed by atoms with E-state index in [1.807, 2.05) is 11.8 Å². The van der Waals surface area contributed by atoms with Crippen molar-refractivity contribution in [3.8, 4) is 5.75 Å². The van der Waals surface area contributed by atoms with Crippen LogP contribution in [0.25, 0.3) is 0 Å². The Labute approximate surface area is 113 Å². The molecule has 19 heavy (non-hydrogen) atoms. The standard InChI is InChI=1S/C14H20FNO3/c1-4-16(8-7-14(17)19-3)10-11-9-12(15)5-6-13(11)18-2/h5-6,9H,4,7-8,10H2,1-3H3. The monoisotopic (exact) mass is 269 g/mol. The molecule has 4 nitrogen and oxygen atoms in total. The summed E-state index contributed by atoms with van der Waals surface area (Å²) < 4.78 is 23.1. The van der Waals surface area contributed by atoms with E-state index >= 15 is 0 Å². The summed E-state index contributed by atoms with van der Waals surface area (Å²) in [6, 6.07) is 4.44. The van der Waals surface area contributed by atoms with Gasteiger partial charge in [-0.05, 0) is 24.7 Å². The molecule has 0 aromatic heterocycles. The Balaban J connectivity index is 2.69. The Morgan fingerprint density at radius 2 is 2.11 bits per heavy atom. The molecular formula is C14H20FNO3. The molecule has 0 amide bonds. The second-order valence-electron chi connectivity index (χ2n) is 4.15. The second kappa shape index (κ2) is 7.74. The number of halogens is 1. The number of ether oxygens (including phenoxy) is 2. The van der Waals surface area contributed by atoms with Gasteiger partial charge in [-0.1, -0.05) is 6.92 Å². The molecule has 0 aliphatic heterocycles. The predicted octanol–water partition coefficient (Wildman–Crippen LogP) is 2.22. The van der Waals surface area contributed by atoms with Crippen molar-refractivity contribution in [3.63, 3.8) is 0 Å². The molecule has 0 radical (unpaired) electrons. The van der Waals surface area contributed by atoms with Crippen LogP contribution in [0.4, 0.5) is 4.39 Å². The predicted molar refractivity (Wildman–Crippen MR) is 70.5 cm³/mol. The molecule has 0 saturated heterocycles. The van der Waals surface area contributed by atoms with Gasteiger partial charge in [-0.2, -0.15) is 0 Å². The van der Waals surface area contributed by atoms with Crippen molar-refractivity contribution in [2.24, 2.45) is 0 Å². The van der Waals surface area contributed by atoms with Gasteiger partial charge >= 0.3 is 5.97 Å². The highest BCUT2D eigenvalue weighted by molar-refractivity contribution is 5.69. The van der Waals surface area contributed by atoms with Crippen LogP contribution in [-0.4, -0.2) is 38.2 Å². The fraction of sp³-hybridized carbons (Fsp3) is 0.500. The summed E-state index contributed by atoms with van der Waals surface area (Å²) >= 11 is 0. The van der Waals surface area contributed by atoms with Gasteiger partial charge < -0.3 is 9.47 Å². The first-order valence-electron chi connectivity index (χ1n) is 6.22. The van der Waals surface area contributed by atoms with Crippen molar-refractivity contribution in [3.05, 3.63) is 29.6 Å². The molecule has 0 atom stereocenters. The molecule has 0 N–H and O–H groups in total. The van der Waals surface area contributed by atoms with Crippen LogP contribution in [0.1, 0.15) is 18.9 Å². The zero-order valence-corrected chi connectivity index (χ0v) is 11.6. The van der Waals surface area contributed by atoms with Crippen LogP contribution in [0.2, 0.25) is 0 Å². The molecular weight excluding hydrogens is 249 g/mol. The zero-order chi connectivity index (χ0) is 14.3. The largest absolute Gasteiger partial charge is 0.496 e. The third kappa shape index (κ3) is 4.87. The summed E-state index contributed by atoms with van der Waals surface area (Å²) in [6.45, 7) is 3.86. The Morgan fingerprint density at radius 3 is 2.68 bits per heavy atom. The SMILES string of the molecule is CCN(CCC(=O)OC)Cc1cc(F)ccc1OC. The number of nitrogens with zero attached hydrogens (tertiary/aromatic N) is 1. The molecule has 106 valence electrons. The average Bonchev–Trinajstić information content (AvgIpc) is 2.43. The average molecular weight is 269 g/mol. The fourth-order valence-corrected chi connectivity index (χ4v) is 1.81. The molecule has 5 heteroatoms. The van der Waals surface area contributed by atoms with E-state index in [-0.39, 0.29) is 11.8 Å². The van der Waals surface area contributed by atoms with Gasteiger partial charge in [-0.3, -0.25) is 9.69 Å². The van der Waals surface area contributed by atoms with Gasteiger partial charge in [0.05, 0.1) is 20.6 Å². The molecule has 0 heterocycles. The smallest absolute Gasteiger partial charge is 0.306 e. The summed E-state index contributed by atoms with van der Waals surface area (Å²) in [5.41, 5.74) is 0.772. The first kappa shape index (κ1) is 15.4. The zero-order valence-electron chi connectivity index (χ0n) is 11.6. The Kier molecular flexibility index (Phi) is 6.29. The van der Waals surface area contributed by atoms with E-state index in [0.717, 1.165) is 12.1 Å². The van der Waals surface area contributed by atoms with E-state index in [4.69, 9.17) is 4.74 Å². The first-order valence-corrected chi connectivity index (χ1v) is 6.22. The molecule has 1 rings (SSSR count). The maximum atomic E-state index is 13.3. The van der Waals surface area contributed by atoms with Gasteiger partial charge in [0.15, 0.2) is 0 Å². The van der Waals surface area contributed by atoms with Gasteiger partial charge in [0.2, 0.25) is 0 Å². The van der Waals surface area contributed by atoms with E-state index in [1.54, 1.807) is 13.2 Å². The normalized spacial score (nSPS) is 10.6. The maximum absolute atomic E-state index is 13.3. The summed E-state index contributed by atoms with van der Waals surface area (Å²) in [5.74, 6) is 0.113. The second-order valence-corrected chi connectivity index (χ2v) is 4.15. The lowest BCUT2D eigenvalue weighted by atomic mass is 10.1. The van der Waals surface area contributed by atoms with Gasteiger partial charge in [-0.25, -0.2) is 4.39 Å². The third-order valence-corrected chi connectivity index (χ3v) is 2.94. The topological polar surface area (TPSA) is 38.8 Å². The van der Waals surface area contributed by atoms with Crippen molar-refractivity contribution >= 4 is 5.97 Å². The van der Waals surface area contributed by atoms with Gasteiger partial charge in [0.25, 0.3) is 0 Å². The van der Waals surface area contributed by atoms with E-state index < -0.39 is 0 Å². The van der Waals surface area contributed by atoms with Gasteiger partial charge in [0, 0.05) is 18.7 Å². The number of carbonyl (C=O) groups excluding carboxylic acids is 1. The minimum Gasteiger partial charge on any atom is -0.496 e. The molecule has 0 unspecified atom stereocenters. The molecule has 0 aliphatic carbocycles. The minimum atomic E-state index is -0.292. The molecule has 0 spiro atoms. The van der Waals surface area contributed by atoms with Crippen molar-refractivity contribution in [1.82, 2.24) is 4.90 Å². The van der Waals surface area contributed by atoms with Crippen LogP contribution < -0.4 is 4.74 Å². The number of carbonyl (C=O) groups is 1. The number of benzene rings is 1. The Morgan fingerprint density at radius 1 is 1.37 bits per heavy atom. The summed E-state index contributed by atoms with van der Waals surface area (Å²) in [6.07, 6.45) is 0.321. The summed E-state index contributed by atoms with van der Waals surface area (Å²) in [5, 5.41) is 0. The fourth-order valence-electron chi connectivity index (χ4n) is 1.81. The number of rotatable bonds is 7.